The van der Waals surface area contributed by atoms with Gasteiger partial charge in [-0.1, -0.05) is 46.3 Å². The van der Waals surface area contributed by atoms with Gasteiger partial charge in [0.25, 0.3) is 10.0 Å². The molecule has 0 saturated heterocycles. The summed E-state index contributed by atoms with van der Waals surface area (Å²) in [5.74, 6) is 0. The van der Waals surface area contributed by atoms with Crippen molar-refractivity contribution in [1.82, 2.24) is 4.31 Å². The number of halogens is 1. The largest absolute Gasteiger partial charge is 0.338 e. The van der Waals surface area contributed by atoms with Crippen LogP contribution in [0.1, 0.15) is 5.56 Å². The fourth-order valence-electron chi connectivity index (χ4n) is 2.37. The molecule has 0 aliphatic carbocycles. The number of hydrogen-bond donors (Lipinski definition) is 0. The van der Waals surface area contributed by atoms with Crippen LogP contribution in [0.15, 0.2) is 57.9 Å². The second-order valence-electron chi connectivity index (χ2n) is 4.95. The van der Waals surface area contributed by atoms with Crippen molar-refractivity contribution in [3.63, 3.8) is 0 Å². The first kappa shape index (κ1) is 15.1. The van der Waals surface area contributed by atoms with Crippen LogP contribution in [0.3, 0.4) is 0 Å². The summed E-state index contributed by atoms with van der Waals surface area (Å²) in [7, 11) is -2.30. The summed E-state index contributed by atoms with van der Waals surface area (Å²) in [6.45, 7) is 0.0122. The molecule has 114 valence electrons. The number of amides is 2. The van der Waals surface area contributed by atoms with Crippen LogP contribution in [0.5, 0.6) is 0 Å². The van der Waals surface area contributed by atoms with Gasteiger partial charge in [-0.25, -0.2) is 17.5 Å². The van der Waals surface area contributed by atoms with E-state index in [1.165, 1.54) is 11.0 Å². The van der Waals surface area contributed by atoms with Crippen molar-refractivity contribution in [1.29, 1.82) is 0 Å². The van der Waals surface area contributed by atoms with Crippen molar-refractivity contribution < 1.29 is 13.2 Å². The van der Waals surface area contributed by atoms with Gasteiger partial charge >= 0.3 is 6.03 Å². The molecule has 0 atom stereocenters. The van der Waals surface area contributed by atoms with Gasteiger partial charge < -0.3 is 0 Å². The van der Waals surface area contributed by atoms with Crippen LogP contribution < -0.4 is 4.90 Å². The number of sulfonamides is 1. The fraction of sp³-hybridized carbons (Fsp3) is 0.133. The van der Waals surface area contributed by atoms with Crippen LogP contribution in [0, 0.1) is 0 Å². The molecule has 0 spiro atoms. The molecule has 2 amide bonds. The van der Waals surface area contributed by atoms with Crippen LogP contribution in [-0.4, -0.2) is 25.8 Å². The van der Waals surface area contributed by atoms with E-state index in [0.29, 0.717) is 10.2 Å². The molecule has 0 unspecified atom stereocenters. The minimum Gasteiger partial charge on any atom is -0.295 e. The van der Waals surface area contributed by atoms with Crippen LogP contribution in [0.4, 0.5) is 10.5 Å². The Labute approximate surface area is 137 Å². The number of anilines is 1. The summed E-state index contributed by atoms with van der Waals surface area (Å²) in [6, 6.07) is 13.3. The molecule has 0 bridgehead atoms. The maximum atomic E-state index is 12.8. The molecule has 0 N–H and O–H groups in total. The molecule has 0 fully saturated rings. The first-order valence-corrected chi connectivity index (χ1v) is 8.78. The van der Waals surface area contributed by atoms with Crippen LogP contribution in [0.2, 0.25) is 0 Å². The topological polar surface area (TPSA) is 57.7 Å². The molecule has 0 saturated carbocycles. The molecular weight excluding hydrogens is 368 g/mol. The Hall–Kier alpha value is -1.86. The number of nitrogens with zero attached hydrogens (tertiary/aromatic N) is 2. The van der Waals surface area contributed by atoms with E-state index >= 15 is 0 Å². The number of urea groups is 1. The first-order chi connectivity index (χ1) is 10.4. The summed E-state index contributed by atoms with van der Waals surface area (Å²) < 4.78 is 27.1. The Morgan fingerprint density at radius 3 is 2.45 bits per heavy atom. The van der Waals surface area contributed by atoms with Crippen LogP contribution in [0.25, 0.3) is 0 Å². The summed E-state index contributed by atoms with van der Waals surface area (Å²) in [4.78, 5) is 13.9. The highest BCUT2D eigenvalue weighted by Crippen LogP contribution is 2.36. The van der Waals surface area contributed by atoms with Crippen LogP contribution >= 0.6 is 15.9 Å². The standard InChI is InChI=1S/C15H13BrN2O3S/c1-17-13-8-7-12(16)9-14(13)22(20,21)18(15(17)19)10-11-5-3-2-4-6-11/h2-9H,10H2,1H3. The van der Waals surface area contributed by atoms with Crippen molar-refractivity contribution in [2.75, 3.05) is 11.9 Å². The number of hydrogen-bond acceptors (Lipinski definition) is 3. The lowest BCUT2D eigenvalue weighted by Crippen LogP contribution is -2.48. The average Bonchev–Trinajstić information content (AvgIpc) is 2.51. The molecule has 2 aromatic carbocycles. The molecular formula is C15H13BrN2O3S. The molecule has 0 aromatic heterocycles. The second kappa shape index (κ2) is 5.40. The van der Waals surface area contributed by atoms with Gasteiger partial charge in [0, 0.05) is 11.5 Å². The average molecular weight is 381 g/mol. The van der Waals surface area contributed by atoms with Gasteiger partial charge in [-0.15, -0.1) is 0 Å². The zero-order chi connectivity index (χ0) is 15.9. The third-order valence-corrected chi connectivity index (χ3v) is 5.76. The van der Waals surface area contributed by atoms with Gasteiger partial charge in [-0.3, -0.25) is 4.90 Å². The van der Waals surface area contributed by atoms with Crippen molar-refractivity contribution in [2.24, 2.45) is 0 Å². The molecule has 1 heterocycles. The summed E-state index contributed by atoms with van der Waals surface area (Å²) >= 11 is 3.28. The SMILES string of the molecule is CN1C(=O)N(Cc2ccccc2)S(=O)(=O)c2cc(Br)ccc21. The lowest BCUT2D eigenvalue weighted by Gasteiger charge is -2.34. The Balaban J connectivity index is 2.11. The monoisotopic (exact) mass is 380 g/mol. The predicted octanol–water partition coefficient (Wildman–Crippen LogP) is 3.21. The zero-order valence-corrected chi connectivity index (χ0v) is 14.1. The highest BCUT2D eigenvalue weighted by atomic mass is 79.9. The number of fused-ring (bicyclic) bond motifs is 1. The second-order valence-corrected chi connectivity index (χ2v) is 7.70. The summed E-state index contributed by atoms with van der Waals surface area (Å²) in [5, 5.41) is 0. The molecule has 2 aromatic rings. The number of benzene rings is 2. The zero-order valence-electron chi connectivity index (χ0n) is 11.7. The molecule has 7 heteroatoms. The summed E-state index contributed by atoms with van der Waals surface area (Å²) in [5.41, 5.74) is 1.14. The van der Waals surface area contributed by atoms with Gasteiger partial charge in [0.05, 0.1) is 12.2 Å². The lowest BCUT2D eigenvalue weighted by molar-refractivity contribution is 0.228. The smallest absolute Gasteiger partial charge is 0.295 e. The van der Waals surface area contributed by atoms with Gasteiger partial charge in [0.2, 0.25) is 0 Å². The van der Waals surface area contributed by atoms with E-state index in [0.717, 1.165) is 9.87 Å². The molecule has 3 rings (SSSR count). The van der Waals surface area contributed by atoms with E-state index in [4.69, 9.17) is 0 Å². The van der Waals surface area contributed by atoms with Gasteiger partial charge in [-0.05, 0) is 23.8 Å². The Morgan fingerprint density at radius 1 is 1.09 bits per heavy atom. The third-order valence-electron chi connectivity index (χ3n) is 3.52. The Kier molecular flexibility index (Phi) is 3.70. The van der Waals surface area contributed by atoms with Gasteiger partial charge in [0.1, 0.15) is 4.90 Å². The molecule has 1 aliphatic heterocycles. The van der Waals surface area contributed by atoms with Gasteiger partial charge in [0.15, 0.2) is 0 Å². The molecule has 22 heavy (non-hydrogen) atoms. The molecule has 0 radical (unpaired) electrons. The molecule has 1 aliphatic rings. The maximum Gasteiger partial charge on any atom is 0.338 e. The first-order valence-electron chi connectivity index (χ1n) is 6.55. The highest BCUT2D eigenvalue weighted by Gasteiger charge is 2.39. The van der Waals surface area contributed by atoms with E-state index in [-0.39, 0.29) is 11.4 Å². The number of carbonyl (C=O) groups is 1. The van der Waals surface area contributed by atoms with E-state index in [9.17, 15) is 13.2 Å². The van der Waals surface area contributed by atoms with Crippen molar-refractivity contribution in [2.45, 2.75) is 11.4 Å². The van der Waals surface area contributed by atoms with Crippen LogP contribution in [-0.2, 0) is 16.6 Å². The minimum atomic E-state index is -3.87. The van der Waals surface area contributed by atoms with E-state index in [2.05, 4.69) is 15.9 Å². The van der Waals surface area contributed by atoms with Crippen molar-refractivity contribution in [3.05, 3.63) is 58.6 Å². The normalized spacial score (nSPS) is 16.5. The fourth-order valence-corrected chi connectivity index (χ4v) is 4.51. The van der Waals surface area contributed by atoms with E-state index in [1.807, 2.05) is 18.2 Å². The van der Waals surface area contributed by atoms with Gasteiger partial charge in [-0.2, -0.15) is 0 Å². The Morgan fingerprint density at radius 2 is 1.77 bits per heavy atom. The van der Waals surface area contributed by atoms with Crippen molar-refractivity contribution >= 4 is 37.7 Å². The highest BCUT2D eigenvalue weighted by molar-refractivity contribution is 9.10. The number of carbonyl (C=O) groups excluding carboxylic acids is 1. The third kappa shape index (κ3) is 2.40. The van der Waals surface area contributed by atoms with E-state index < -0.39 is 16.1 Å². The summed E-state index contributed by atoms with van der Waals surface area (Å²) in [6.07, 6.45) is 0. The van der Waals surface area contributed by atoms with E-state index in [1.54, 1.807) is 31.3 Å². The lowest BCUT2D eigenvalue weighted by atomic mass is 10.2. The number of rotatable bonds is 2. The Bertz CT molecular complexity index is 837. The minimum absolute atomic E-state index is 0.0122. The molecule has 5 nitrogen and oxygen atoms in total. The quantitative estimate of drug-likeness (QED) is 0.803. The predicted molar refractivity (Wildman–Crippen MR) is 87.1 cm³/mol. The van der Waals surface area contributed by atoms with Crippen molar-refractivity contribution in [3.8, 4) is 0 Å². The maximum absolute atomic E-state index is 12.8.